The molecule has 0 aliphatic rings. The smallest absolute Gasteiger partial charge is 0.0216 e. The molecule has 0 spiro atoms. The van der Waals surface area contributed by atoms with Gasteiger partial charge < -0.3 is 0 Å². The Bertz CT molecular complexity index is 48.4. The second kappa shape index (κ2) is 5.76. The van der Waals surface area contributed by atoms with E-state index in [1.165, 1.54) is 25.7 Å². The van der Waals surface area contributed by atoms with Crippen LogP contribution >= 0.6 is 0 Å². The molecule has 0 aromatic heterocycles. The van der Waals surface area contributed by atoms with Crippen LogP contribution in [0.4, 0.5) is 0 Å². The van der Waals surface area contributed by atoms with E-state index in [0.29, 0.717) is 0 Å². The molecule has 0 aliphatic carbocycles. The van der Waals surface area contributed by atoms with Crippen molar-refractivity contribution >= 4 is 0 Å². The minimum atomic E-state index is 0.898. The largest absolute Gasteiger partial charge is 0.0651 e. The zero-order chi connectivity index (χ0) is 7.98. The van der Waals surface area contributed by atoms with E-state index in [1.54, 1.807) is 5.92 Å². The molecule has 1 radical (unpaired) electrons. The second-order valence-electron chi connectivity index (χ2n) is 2.88. The molecule has 61 valence electrons. The number of hydrogen-bond donors (Lipinski definition) is 0. The Morgan fingerprint density at radius 1 is 0.900 bits per heavy atom. The summed E-state index contributed by atoms with van der Waals surface area (Å²) < 4.78 is 0. The first-order valence-electron chi connectivity index (χ1n) is 4.64. The van der Waals surface area contributed by atoms with E-state index in [1.807, 2.05) is 0 Å². The van der Waals surface area contributed by atoms with Crippen LogP contribution in [-0.2, 0) is 0 Å². The van der Waals surface area contributed by atoms with Gasteiger partial charge in [0.1, 0.15) is 0 Å². The van der Waals surface area contributed by atoms with Crippen molar-refractivity contribution in [1.82, 2.24) is 0 Å². The van der Waals surface area contributed by atoms with Crippen molar-refractivity contribution in [3.63, 3.8) is 0 Å². The molecule has 0 nitrogen and oxygen atoms in total. The Balaban J connectivity index is 3.70. The second-order valence-corrected chi connectivity index (χ2v) is 2.88. The van der Waals surface area contributed by atoms with Crippen LogP contribution in [-0.4, -0.2) is 0 Å². The molecule has 0 fully saturated rings. The molecule has 0 rings (SSSR count). The summed E-state index contributed by atoms with van der Waals surface area (Å²) in [5, 5.41) is 0. The summed E-state index contributed by atoms with van der Waals surface area (Å²) in [7, 11) is 0. The van der Waals surface area contributed by atoms with Gasteiger partial charge in [0, 0.05) is 0 Å². The third kappa shape index (κ3) is 2.72. The Morgan fingerprint density at radius 2 is 1.30 bits per heavy atom. The molecule has 0 bridgehead atoms. The topological polar surface area (TPSA) is 0 Å². The minimum Gasteiger partial charge on any atom is -0.0651 e. The highest BCUT2D eigenvalue weighted by atomic mass is 14.2. The highest BCUT2D eigenvalue weighted by Crippen LogP contribution is 2.26. The van der Waals surface area contributed by atoms with Crippen molar-refractivity contribution in [2.45, 2.75) is 53.4 Å². The highest BCUT2D eigenvalue weighted by Gasteiger charge is 2.14. The monoisotopic (exact) mass is 141 g/mol. The summed E-state index contributed by atoms with van der Waals surface area (Å²) in [5.74, 6) is 2.65. The first kappa shape index (κ1) is 10.0. The van der Waals surface area contributed by atoms with Crippen molar-refractivity contribution in [1.29, 1.82) is 0 Å². The van der Waals surface area contributed by atoms with Gasteiger partial charge in [-0.1, -0.05) is 40.5 Å². The average molecular weight is 141 g/mol. The van der Waals surface area contributed by atoms with Gasteiger partial charge in [0.05, 0.1) is 0 Å². The van der Waals surface area contributed by atoms with Gasteiger partial charge in [-0.3, -0.25) is 0 Å². The van der Waals surface area contributed by atoms with E-state index in [4.69, 9.17) is 0 Å². The van der Waals surface area contributed by atoms with Crippen LogP contribution in [0.1, 0.15) is 53.4 Å². The lowest BCUT2D eigenvalue weighted by Gasteiger charge is -2.21. The van der Waals surface area contributed by atoms with Crippen LogP contribution in [0.2, 0.25) is 0 Å². The van der Waals surface area contributed by atoms with Crippen molar-refractivity contribution in [2.75, 3.05) is 0 Å². The van der Waals surface area contributed by atoms with Crippen LogP contribution in [0.25, 0.3) is 0 Å². The summed E-state index contributed by atoms with van der Waals surface area (Å²) in [6.45, 7) is 9.13. The normalized spacial score (nSPS) is 11.4. The molecule has 0 unspecified atom stereocenters. The fourth-order valence-corrected chi connectivity index (χ4v) is 1.69. The molecule has 10 heavy (non-hydrogen) atoms. The fraction of sp³-hybridized carbons (Fsp3) is 0.900. The van der Waals surface area contributed by atoms with Gasteiger partial charge in [0.2, 0.25) is 0 Å². The van der Waals surface area contributed by atoms with Crippen LogP contribution < -0.4 is 0 Å². The molecular formula is C10H21. The maximum atomic E-state index is 2.29. The highest BCUT2D eigenvalue weighted by molar-refractivity contribution is 4.92. The zero-order valence-electron chi connectivity index (χ0n) is 7.91. The first-order valence-corrected chi connectivity index (χ1v) is 4.64. The third-order valence-electron chi connectivity index (χ3n) is 2.47. The van der Waals surface area contributed by atoms with Gasteiger partial charge >= 0.3 is 0 Å². The van der Waals surface area contributed by atoms with Crippen molar-refractivity contribution in [3.8, 4) is 0 Å². The lowest BCUT2D eigenvalue weighted by Crippen LogP contribution is -2.08. The summed E-state index contributed by atoms with van der Waals surface area (Å²) in [4.78, 5) is 0. The van der Waals surface area contributed by atoms with Gasteiger partial charge in [-0.25, -0.2) is 0 Å². The van der Waals surface area contributed by atoms with Crippen molar-refractivity contribution < 1.29 is 0 Å². The van der Waals surface area contributed by atoms with Crippen LogP contribution in [0.3, 0.4) is 0 Å². The van der Waals surface area contributed by atoms with Crippen LogP contribution in [0, 0.1) is 11.8 Å². The van der Waals surface area contributed by atoms with Gasteiger partial charge in [-0.15, -0.1) is 0 Å². The predicted octanol–water partition coefficient (Wildman–Crippen LogP) is 3.82. The van der Waals surface area contributed by atoms with Crippen LogP contribution in [0.15, 0.2) is 0 Å². The quantitative estimate of drug-likeness (QED) is 0.546. The standard InChI is InChI=1S/C10H21/c1-5-9(6-2)10(7-3)8-4/h9H,5-8H2,1-4H3. The maximum Gasteiger partial charge on any atom is -0.0216 e. The van der Waals surface area contributed by atoms with Crippen molar-refractivity contribution in [2.24, 2.45) is 5.92 Å². The van der Waals surface area contributed by atoms with Crippen LogP contribution in [0.5, 0.6) is 0 Å². The molecule has 0 amide bonds. The summed E-state index contributed by atoms with van der Waals surface area (Å²) in [6, 6.07) is 0. The predicted molar refractivity (Wildman–Crippen MR) is 47.9 cm³/mol. The lowest BCUT2D eigenvalue weighted by atomic mass is 9.84. The van der Waals surface area contributed by atoms with E-state index in [9.17, 15) is 0 Å². The molecular weight excluding hydrogens is 120 g/mol. The van der Waals surface area contributed by atoms with E-state index in [-0.39, 0.29) is 0 Å². The molecule has 0 saturated carbocycles. The Kier molecular flexibility index (Phi) is 5.76. The number of rotatable bonds is 5. The minimum absolute atomic E-state index is 0.898. The molecule has 0 N–H and O–H groups in total. The van der Waals surface area contributed by atoms with E-state index in [2.05, 4.69) is 27.7 Å². The molecule has 0 atom stereocenters. The Morgan fingerprint density at radius 3 is 1.40 bits per heavy atom. The van der Waals surface area contributed by atoms with Gasteiger partial charge in [0.25, 0.3) is 0 Å². The van der Waals surface area contributed by atoms with E-state index < -0.39 is 0 Å². The average Bonchev–Trinajstić information content (AvgIpc) is 2.00. The summed E-state index contributed by atoms with van der Waals surface area (Å²) in [5.41, 5.74) is 0. The third-order valence-corrected chi connectivity index (χ3v) is 2.47. The summed E-state index contributed by atoms with van der Waals surface area (Å²) >= 11 is 0. The number of hydrogen-bond acceptors (Lipinski definition) is 0. The van der Waals surface area contributed by atoms with E-state index in [0.717, 1.165) is 5.92 Å². The van der Waals surface area contributed by atoms with Gasteiger partial charge in [0.15, 0.2) is 0 Å². The molecule has 0 aromatic rings. The Hall–Kier alpha value is 0. The molecule has 0 aliphatic heterocycles. The zero-order valence-corrected chi connectivity index (χ0v) is 7.91. The molecule has 0 aromatic carbocycles. The van der Waals surface area contributed by atoms with Crippen molar-refractivity contribution in [3.05, 3.63) is 5.92 Å². The fourth-order valence-electron chi connectivity index (χ4n) is 1.69. The SMILES string of the molecule is CC[C](CC)C(CC)CC. The first-order chi connectivity index (χ1) is 4.79. The molecule has 0 heterocycles. The van der Waals surface area contributed by atoms with E-state index >= 15 is 0 Å². The van der Waals surface area contributed by atoms with Gasteiger partial charge in [-0.2, -0.15) is 0 Å². The maximum absolute atomic E-state index is 2.29. The lowest BCUT2D eigenvalue weighted by molar-refractivity contribution is 0.467. The molecule has 0 saturated heterocycles. The summed E-state index contributed by atoms with van der Waals surface area (Å²) in [6.07, 6.45) is 5.22. The van der Waals surface area contributed by atoms with Gasteiger partial charge in [-0.05, 0) is 24.7 Å². The molecule has 0 heteroatoms. The Labute approximate surface area is 66.0 Å².